The predicted molar refractivity (Wildman–Crippen MR) is 95.0 cm³/mol. The Morgan fingerprint density at radius 3 is 2.87 bits per heavy atom. The minimum Gasteiger partial charge on any atom is -0.495 e. The third-order valence-electron chi connectivity index (χ3n) is 3.30. The number of hydrogen-bond acceptors (Lipinski definition) is 4. The summed E-state index contributed by atoms with van der Waals surface area (Å²) >= 11 is 1.55. The number of ether oxygens (including phenoxy) is 1. The molecular formula is C18H16N2O2S. The molecule has 0 aliphatic rings. The molecule has 116 valence electrons. The Labute approximate surface area is 138 Å². The quantitative estimate of drug-likeness (QED) is 0.729. The fraction of sp³-hybridized carbons (Fsp3) is 0.111. The number of nitrogens with one attached hydrogen (secondary N) is 1. The number of carbonyl (C=O) groups excluding carboxylic acids is 1. The molecule has 0 atom stereocenters. The summed E-state index contributed by atoms with van der Waals surface area (Å²) < 4.78 is 6.36. The van der Waals surface area contributed by atoms with Crippen LogP contribution in [0.2, 0.25) is 0 Å². The molecule has 5 heteroatoms. The fourth-order valence-electron chi connectivity index (χ4n) is 2.20. The van der Waals surface area contributed by atoms with Crippen molar-refractivity contribution in [2.75, 3.05) is 12.4 Å². The molecule has 0 saturated carbocycles. The zero-order chi connectivity index (χ0) is 16.2. The van der Waals surface area contributed by atoms with Gasteiger partial charge in [-0.15, -0.1) is 11.3 Å². The van der Waals surface area contributed by atoms with E-state index in [1.54, 1.807) is 24.5 Å². The molecule has 1 N–H and O–H groups in total. The number of anilines is 1. The maximum atomic E-state index is 12.1. The largest absolute Gasteiger partial charge is 0.495 e. The first kappa shape index (κ1) is 15.2. The van der Waals surface area contributed by atoms with Gasteiger partial charge in [-0.3, -0.25) is 4.79 Å². The second-order valence-electron chi connectivity index (χ2n) is 5.05. The van der Waals surface area contributed by atoms with Crippen LogP contribution in [0.5, 0.6) is 5.75 Å². The van der Waals surface area contributed by atoms with Gasteiger partial charge in [0.1, 0.15) is 10.8 Å². The van der Waals surface area contributed by atoms with Gasteiger partial charge in [0.25, 0.3) is 0 Å². The highest BCUT2D eigenvalue weighted by Crippen LogP contribution is 2.25. The summed E-state index contributed by atoms with van der Waals surface area (Å²) in [5.41, 5.74) is 2.65. The molecule has 0 saturated heterocycles. The number of aromatic nitrogens is 1. The van der Waals surface area contributed by atoms with Crippen LogP contribution < -0.4 is 10.1 Å². The summed E-state index contributed by atoms with van der Waals surface area (Å²) in [6, 6.07) is 13.6. The van der Waals surface area contributed by atoms with E-state index in [2.05, 4.69) is 10.3 Å². The van der Waals surface area contributed by atoms with E-state index in [0.717, 1.165) is 20.8 Å². The lowest BCUT2D eigenvalue weighted by molar-refractivity contribution is -0.111. The van der Waals surface area contributed by atoms with Gasteiger partial charge >= 0.3 is 0 Å². The standard InChI is InChI=1S/C18H16N2O2S/c1-12-7-8-15(22-2)14(11-12)19-17(21)9-10-18-20-13-5-3-4-6-16(13)23-18/h3-11H,1-2H3,(H,19,21)/b10-9+. The number of aryl methyl sites for hydroxylation is 1. The van der Waals surface area contributed by atoms with Crippen molar-refractivity contribution >= 4 is 39.2 Å². The third kappa shape index (κ3) is 3.57. The van der Waals surface area contributed by atoms with Gasteiger partial charge in [-0.2, -0.15) is 0 Å². The van der Waals surface area contributed by atoms with E-state index in [9.17, 15) is 4.79 Å². The van der Waals surface area contributed by atoms with Crippen LogP contribution in [0.15, 0.2) is 48.5 Å². The summed E-state index contributed by atoms with van der Waals surface area (Å²) in [6.45, 7) is 1.96. The van der Waals surface area contributed by atoms with E-state index in [1.807, 2.05) is 49.4 Å². The topological polar surface area (TPSA) is 51.2 Å². The van der Waals surface area contributed by atoms with Gasteiger partial charge < -0.3 is 10.1 Å². The number of methoxy groups -OCH3 is 1. The normalized spacial score (nSPS) is 11.0. The average molecular weight is 324 g/mol. The van der Waals surface area contributed by atoms with Crippen molar-refractivity contribution in [3.63, 3.8) is 0 Å². The minimum atomic E-state index is -0.215. The van der Waals surface area contributed by atoms with E-state index < -0.39 is 0 Å². The van der Waals surface area contributed by atoms with E-state index >= 15 is 0 Å². The number of benzene rings is 2. The van der Waals surface area contributed by atoms with Gasteiger partial charge in [0, 0.05) is 6.08 Å². The molecule has 0 spiro atoms. The molecule has 1 amide bonds. The Morgan fingerprint density at radius 2 is 2.09 bits per heavy atom. The number of nitrogens with zero attached hydrogens (tertiary/aromatic N) is 1. The van der Waals surface area contributed by atoms with Gasteiger partial charge in [-0.25, -0.2) is 4.98 Å². The van der Waals surface area contributed by atoms with Crippen molar-refractivity contribution < 1.29 is 9.53 Å². The van der Waals surface area contributed by atoms with Crippen molar-refractivity contribution in [3.8, 4) is 5.75 Å². The molecule has 0 radical (unpaired) electrons. The van der Waals surface area contributed by atoms with E-state index in [4.69, 9.17) is 4.74 Å². The molecular weight excluding hydrogens is 308 g/mol. The van der Waals surface area contributed by atoms with Crippen LogP contribution in [-0.4, -0.2) is 18.0 Å². The molecule has 0 bridgehead atoms. The van der Waals surface area contributed by atoms with Gasteiger partial charge in [0.15, 0.2) is 0 Å². The van der Waals surface area contributed by atoms with Crippen LogP contribution in [0.3, 0.4) is 0 Å². The van der Waals surface area contributed by atoms with Crippen molar-refractivity contribution in [3.05, 3.63) is 59.1 Å². The summed E-state index contributed by atoms with van der Waals surface area (Å²) in [4.78, 5) is 16.6. The van der Waals surface area contributed by atoms with Gasteiger partial charge in [0.2, 0.25) is 5.91 Å². The fourth-order valence-corrected chi connectivity index (χ4v) is 3.07. The van der Waals surface area contributed by atoms with Crippen LogP contribution in [0.25, 0.3) is 16.3 Å². The lowest BCUT2D eigenvalue weighted by atomic mass is 10.2. The lowest BCUT2D eigenvalue weighted by Crippen LogP contribution is -2.09. The Balaban J connectivity index is 1.75. The van der Waals surface area contributed by atoms with E-state index in [1.165, 1.54) is 6.08 Å². The van der Waals surface area contributed by atoms with Crippen molar-refractivity contribution in [1.29, 1.82) is 0 Å². The monoisotopic (exact) mass is 324 g/mol. The number of thiazole rings is 1. The molecule has 1 heterocycles. The Bertz CT molecular complexity index is 851. The first-order valence-electron chi connectivity index (χ1n) is 7.15. The minimum absolute atomic E-state index is 0.215. The highest BCUT2D eigenvalue weighted by Gasteiger charge is 2.06. The van der Waals surface area contributed by atoms with Crippen LogP contribution in [-0.2, 0) is 4.79 Å². The van der Waals surface area contributed by atoms with Crippen molar-refractivity contribution in [2.45, 2.75) is 6.92 Å². The van der Waals surface area contributed by atoms with E-state index in [-0.39, 0.29) is 5.91 Å². The number of para-hydroxylation sites is 1. The molecule has 0 fully saturated rings. The van der Waals surface area contributed by atoms with Crippen LogP contribution >= 0.6 is 11.3 Å². The Hall–Kier alpha value is -2.66. The first-order chi connectivity index (χ1) is 11.2. The predicted octanol–water partition coefficient (Wildman–Crippen LogP) is 4.27. The van der Waals surface area contributed by atoms with Crippen molar-refractivity contribution in [2.24, 2.45) is 0 Å². The Morgan fingerprint density at radius 1 is 1.26 bits per heavy atom. The molecule has 0 unspecified atom stereocenters. The molecule has 4 nitrogen and oxygen atoms in total. The third-order valence-corrected chi connectivity index (χ3v) is 4.30. The Kier molecular flexibility index (Phi) is 4.39. The number of carbonyl (C=O) groups is 1. The number of hydrogen-bond donors (Lipinski definition) is 1. The highest BCUT2D eigenvalue weighted by atomic mass is 32.1. The molecule has 23 heavy (non-hydrogen) atoms. The molecule has 0 aliphatic heterocycles. The molecule has 2 aromatic carbocycles. The van der Waals surface area contributed by atoms with Gasteiger partial charge in [-0.05, 0) is 42.8 Å². The second-order valence-corrected chi connectivity index (χ2v) is 6.11. The van der Waals surface area contributed by atoms with Gasteiger partial charge in [-0.1, -0.05) is 18.2 Å². The summed E-state index contributed by atoms with van der Waals surface area (Å²) in [6.07, 6.45) is 3.21. The first-order valence-corrected chi connectivity index (χ1v) is 7.96. The smallest absolute Gasteiger partial charge is 0.248 e. The molecule has 0 aliphatic carbocycles. The molecule has 3 rings (SSSR count). The van der Waals surface area contributed by atoms with E-state index in [0.29, 0.717) is 11.4 Å². The summed E-state index contributed by atoms with van der Waals surface area (Å²) in [7, 11) is 1.58. The number of rotatable bonds is 4. The molecule has 3 aromatic rings. The maximum Gasteiger partial charge on any atom is 0.248 e. The average Bonchev–Trinajstić information content (AvgIpc) is 2.96. The van der Waals surface area contributed by atoms with Crippen LogP contribution in [0.4, 0.5) is 5.69 Å². The van der Waals surface area contributed by atoms with Crippen molar-refractivity contribution in [1.82, 2.24) is 4.98 Å². The number of amides is 1. The van der Waals surface area contributed by atoms with Crippen LogP contribution in [0.1, 0.15) is 10.6 Å². The maximum absolute atomic E-state index is 12.1. The van der Waals surface area contributed by atoms with Crippen LogP contribution in [0, 0.1) is 6.92 Å². The highest BCUT2D eigenvalue weighted by molar-refractivity contribution is 7.19. The zero-order valence-electron chi connectivity index (χ0n) is 12.9. The summed E-state index contributed by atoms with van der Waals surface area (Å²) in [5, 5.41) is 3.64. The van der Waals surface area contributed by atoms with Gasteiger partial charge in [0.05, 0.1) is 23.0 Å². The summed E-state index contributed by atoms with van der Waals surface area (Å²) in [5.74, 6) is 0.422. The SMILES string of the molecule is COc1ccc(C)cc1NC(=O)/C=C/c1nc2ccccc2s1. The number of fused-ring (bicyclic) bond motifs is 1. The molecule has 1 aromatic heterocycles. The lowest BCUT2D eigenvalue weighted by Gasteiger charge is -2.09. The zero-order valence-corrected chi connectivity index (χ0v) is 13.7. The second kappa shape index (κ2) is 6.62.